The molecule has 0 bridgehead atoms. The summed E-state index contributed by atoms with van der Waals surface area (Å²) in [6.07, 6.45) is 3.16. The number of ether oxygens (including phenoxy) is 1. The van der Waals surface area contributed by atoms with Crippen LogP contribution in [0.4, 0.5) is 0 Å². The molecule has 5 nitrogen and oxygen atoms in total. The number of nitrogens with zero attached hydrogens (tertiary/aromatic N) is 1. The lowest BCUT2D eigenvalue weighted by Crippen LogP contribution is -2.31. The highest BCUT2D eigenvalue weighted by atomic mass is 32.2. The number of imidazole rings is 1. The number of thioether (sulfide) groups is 1. The van der Waals surface area contributed by atoms with Crippen molar-refractivity contribution < 1.29 is 9.53 Å². The van der Waals surface area contributed by atoms with Gasteiger partial charge in [-0.15, -0.1) is 0 Å². The van der Waals surface area contributed by atoms with Crippen LogP contribution in [0.25, 0.3) is 11.0 Å². The number of para-hydroxylation sites is 3. The van der Waals surface area contributed by atoms with E-state index in [9.17, 15) is 4.79 Å². The molecule has 3 aromatic rings. The Labute approximate surface area is 157 Å². The van der Waals surface area contributed by atoms with Crippen molar-refractivity contribution in [3.8, 4) is 5.75 Å². The zero-order valence-electron chi connectivity index (χ0n) is 15.0. The Kier molecular flexibility index (Phi) is 6.17. The number of carbonyl (C=O) groups excluding carboxylic acids is 1. The van der Waals surface area contributed by atoms with Crippen molar-refractivity contribution in [3.05, 3.63) is 59.9 Å². The van der Waals surface area contributed by atoms with Gasteiger partial charge in [-0.1, -0.05) is 30.3 Å². The van der Waals surface area contributed by atoms with Crippen LogP contribution in [0.15, 0.2) is 48.5 Å². The van der Waals surface area contributed by atoms with E-state index in [1.165, 1.54) is 0 Å². The van der Waals surface area contributed by atoms with E-state index in [2.05, 4.69) is 21.5 Å². The van der Waals surface area contributed by atoms with Gasteiger partial charge in [-0.25, -0.2) is 4.98 Å². The van der Waals surface area contributed by atoms with Crippen LogP contribution in [0.2, 0.25) is 0 Å². The number of hydrogen-bond donors (Lipinski definition) is 2. The topological polar surface area (TPSA) is 67.0 Å². The van der Waals surface area contributed by atoms with Crippen LogP contribution in [0.1, 0.15) is 23.9 Å². The average molecular weight is 369 g/mol. The number of benzene rings is 2. The third-order valence-corrected chi connectivity index (χ3v) is 4.87. The highest BCUT2D eigenvalue weighted by Gasteiger charge is 2.19. The lowest BCUT2D eigenvalue weighted by Gasteiger charge is -2.17. The number of aromatic amines is 1. The zero-order valence-corrected chi connectivity index (χ0v) is 15.8. The van der Waals surface area contributed by atoms with Crippen molar-refractivity contribution in [3.63, 3.8) is 0 Å². The van der Waals surface area contributed by atoms with E-state index in [0.717, 1.165) is 40.3 Å². The van der Waals surface area contributed by atoms with Gasteiger partial charge in [0.25, 0.3) is 0 Å². The molecule has 1 amide bonds. The minimum atomic E-state index is -0.142. The Morgan fingerprint density at radius 2 is 2.00 bits per heavy atom. The van der Waals surface area contributed by atoms with E-state index in [0.29, 0.717) is 0 Å². The normalized spacial score (nSPS) is 12.1. The van der Waals surface area contributed by atoms with Crippen LogP contribution >= 0.6 is 11.8 Å². The number of rotatable bonds is 8. The van der Waals surface area contributed by atoms with Crippen molar-refractivity contribution in [1.82, 2.24) is 15.3 Å². The summed E-state index contributed by atoms with van der Waals surface area (Å²) in [4.78, 5) is 20.6. The SMILES string of the molecule is COc1ccccc1CC(=O)NC(CCSC)c1nc2ccccc2[nH]1. The molecule has 0 saturated heterocycles. The van der Waals surface area contributed by atoms with Gasteiger partial charge >= 0.3 is 0 Å². The summed E-state index contributed by atoms with van der Waals surface area (Å²) >= 11 is 1.76. The lowest BCUT2D eigenvalue weighted by molar-refractivity contribution is -0.121. The predicted octanol–water partition coefficient (Wildman–Crippen LogP) is 3.72. The Hall–Kier alpha value is -2.47. The summed E-state index contributed by atoms with van der Waals surface area (Å²) in [5, 5.41) is 3.13. The average Bonchev–Trinajstić information content (AvgIpc) is 3.09. The molecule has 0 aliphatic carbocycles. The molecule has 1 atom stereocenters. The summed E-state index contributed by atoms with van der Waals surface area (Å²) < 4.78 is 5.34. The van der Waals surface area contributed by atoms with Gasteiger partial charge in [0.1, 0.15) is 11.6 Å². The fraction of sp³-hybridized carbons (Fsp3) is 0.300. The first-order valence-corrected chi connectivity index (χ1v) is 9.95. The molecule has 1 heterocycles. The first kappa shape index (κ1) is 18.3. The van der Waals surface area contributed by atoms with Crippen LogP contribution in [0.3, 0.4) is 0 Å². The number of carbonyl (C=O) groups is 1. The molecule has 2 aromatic carbocycles. The predicted molar refractivity (Wildman–Crippen MR) is 107 cm³/mol. The molecule has 0 radical (unpaired) electrons. The van der Waals surface area contributed by atoms with E-state index in [1.807, 2.05) is 48.5 Å². The summed E-state index contributed by atoms with van der Waals surface area (Å²) in [5.74, 6) is 2.43. The minimum Gasteiger partial charge on any atom is -0.496 e. The third kappa shape index (κ3) is 4.38. The smallest absolute Gasteiger partial charge is 0.225 e. The van der Waals surface area contributed by atoms with Crippen LogP contribution in [-0.4, -0.2) is 35.0 Å². The molecule has 1 aromatic heterocycles. The Morgan fingerprint density at radius 3 is 2.77 bits per heavy atom. The molecule has 0 aliphatic rings. The molecular formula is C20H23N3O2S. The molecule has 2 N–H and O–H groups in total. The third-order valence-electron chi connectivity index (χ3n) is 4.23. The number of aromatic nitrogens is 2. The van der Waals surface area contributed by atoms with Gasteiger partial charge in [-0.2, -0.15) is 11.8 Å². The van der Waals surface area contributed by atoms with E-state index in [-0.39, 0.29) is 18.4 Å². The van der Waals surface area contributed by atoms with Crippen LogP contribution < -0.4 is 10.1 Å². The maximum Gasteiger partial charge on any atom is 0.225 e. The second-order valence-corrected chi connectivity index (χ2v) is 7.01. The first-order valence-electron chi connectivity index (χ1n) is 8.56. The van der Waals surface area contributed by atoms with Gasteiger partial charge in [-0.05, 0) is 36.6 Å². The number of methoxy groups -OCH3 is 1. The monoisotopic (exact) mass is 369 g/mol. The standard InChI is InChI=1S/C20H23N3O2S/c1-25-18-10-6-3-7-14(18)13-19(24)21-17(11-12-26-2)20-22-15-8-4-5-9-16(15)23-20/h3-10,17H,11-13H2,1-2H3,(H,21,24)(H,22,23). The molecule has 6 heteroatoms. The van der Waals surface area contributed by atoms with E-state index in [4.69, 9.17) is 4.74 Å². The Balaban J connectivity index is 1.76. The van der Waals surface area contributed by atoms with Crippen LogP contribution in [0, 0.1) is 0 Å². The molecule has 0 fully saturated rings. The zero-order chi connectivity index (χ0) is 18.4. The van der Waals surface area contributed by atoms with Gasteiger partial charge < -0.3 is 15.0 Å². The van der Waals surface area contributed by atoms with Crippen molar-refractivity contribution in [2.45, 2.75) is 18.9 Å². The Bertz CT molecular complexity index is 845. The maximum absolute atomic E-state index is 12.6. The Morgan fingerprint density at radius 1 is 1.23 bits per heavy atom. The van der Waals surface area contributed by atoms with Gasteiger partial charge in [-0.3, -0.25) is 4.79 Å². The quantitative estimate of drug-likeness (QED) is 0.635. The molecular weight excluding hydrogens is 346 g/mol. The number of H-pyrrole nitrogens is 1. The maximum atomic E-state index is 12.6. The largest absolute Gasteiger partial charge is 0.496 e. The fourth-order valence-corrected chi connectivity index (χ4v) is 3.39. The molecule has 3 rings (SSSR count). The van der Waals surface area contributed by atoms with Gasteiger partial charge in [0.05, 0.1) is 30.6 Å². The van der Waals surface area contributed by atoms with Crippen molar-refractivity contribution in [2.75, 3.05) is 19.1 Å². The number of nitrogens with one attached hydrogen (secondary N) is 2. The number of amides is 1. The molecule has 26 heavy (non-hydrogen) atoms. The molecule has 0 saturated carbocycles. The van der Waals surface area contributed by atoms with Gasteiger partial charge in [0.2, 0.25) is 5.91 Å². The second kappa shape index (κ2) is 8.76. The van der Waals surface area contributed by atoms with E-state index >= 15 is 0 Å². The summed E-state index contributed by atoms with van der Waals surface area (Å²) in [6.45, 7) is 0. The molecule has 136 valence electrons. The van der Waals surface area contributed by atoms with E-state index < -0.39 is 0 Å². The first-order chi connectivity index (χ1) is 12.7. The number of hydrogen-bond acceptors (Lipinski definition) is 4. The lowest BCUT2D eigenvalue weighted by atomic mass is 10.1. The van der Waals surface area contributed by atoms with Crippen molar-refractivity contribution in [1.29, 1.82) is 0 Å². The highest BCUT2D eigenvalue weighted by Crippen LogP contribution is 2.21. The fourth-order valence-electron chi connectivity index (χ4n) is 2.92. The molecule has 0 spiro atoms. The van der Waals surface area contributed by atoms with E-state index in [1.54, 1.807) is 18.9 Å². The van der Waals surface area contributed by atoms with Gasteiger partial charge in [0, 0.05) is 5.56 Å². The highest BCUT2D eigenvalue weighted by molar-refractivity contribution is 7.98. The van der Waals surface area contributed by atoms with Crippen LogP contribution in [0.5, 0.6) is 5.75 Å². The molecule has 1 unspecified atom stereocenters. The molecule has 0 aliphatic heterocycles. The van der Waals surface area contributed by atoms with Crippen molar-refractivity contribution in [2.24, 2.45) is 0 Å². The second-order valence-electron chi connectivity index (χ2n) is 6.03. The number of fused-ring (bicyclic) bond motifs is 1. The minimum absolute atomic E-state index is 0.0407. The summed E-state index contributed by atoms with van der Waals surface area (Å²) in [7, 11) is 1.62. The van der Waals surface area contributed by atoms with Crippen LogP contribution in [-0.2, 0) is 11.2 Å². The summed E-state index contributed by atoms with van der Waals surface area (Å²) in [6, 6.07) is 15.4. The van der Waals surface area contributed by atoms with Crippen molar-refractivity contribution >= 4 is 28.7 Å². The van der Waals surface area contributed by atoms with Gasteiger partial charge in [0.15, 0.2) is 0 Å². The summed E-state index contributed by atoms with van der Waals surface area (Å²) in [5.41, 5.74) is 2.77.